The molecule has 5 aromatic rings. The number of nitrogens with one attached hydrogen (secondary N) is 1. The summed E-state index contributed by atoms with van der Waals surface area (Å²) < 4.78 is 0. The molecule has 0 fully saturated rings. The molecule has 2 aromatic heterocycles. The summed E-state index contributed by atoms with van der Waals surface area (Å²) in [6, 6.07) is 28.8. The SMILES string of the molecule is CC[C@H](C)c1ccc(-c2c(C)sc(NC(=O)c3cc(-c4ccc(CC(C)C)cc4)nc4ccccc34)c2C#N)cc1. The third-order valence-corrected chi connectivity index (χ3v) is 8.68. The Morgan fingerprint density at radius 3 is 2.32 bits per heavy atom. The van der Waals surface area contributed by atoms with Gasteiger partial charge in [-0.1, -0.05) is 94.4 Å². The number of fused-ring (bicyclic) bond motifs is 1. The Morgan fingerprint density at radius 2 is 1.66 bits per heavy atom. The summed E-state index contributed by atoms with van der Waals surface area (Å²) in [4.78, 5) is 19.7. The van der Waals surface area contributed by atoms with Crippen LogP contribution in [0.3, 0.4) is 0 Å². The fraction of sp³-hybridized carbons (Fsp3) is 0.250. The van der Waals surface area contributed by atoms with Crippen LogP contribution in [0.1, 0.15) is 72.0 Å². The molecule has 1 N–H and O–H groups in total. The first kappa shape index (κ1) is 28.3. The number of thiophene rings is 1. The van der Waals surface area contributed by atoms with E-state index in [2.05, 4.69) is 87.6 Å². The Bertz CT molecular complexity index is 1740. The lowest BCUT2D eigenvalue weighted by molar-refractivity contribution is 0.102. The standard InChI is InChI=1S/C36H35N3OS/c1-6-23(4)26-15-17-28(18-16-26)34-24(5)41-36(31(34)21-37)39-35(40)30-20-33(38-32-10-8-7-9-29(30)32)27-13-11-25(12-14-27)19-22(2)3/h7-18,20,22-23H,6,19H2,1-5H3,(H,39,40)/t23-/m0/s1. The van der Waals surface area contributed by atoms with Crippen molar-refractivity contribution in [3.05, 3.63) is 106 Å². The van der Waals surface area contributed by atoms with Crippen LogP contribution in [0.2, 0.25) is 0 Å². The summed E-state index contributed by atoms with van der Waals surface area (Å²) in [5.74, 6) is 0.812. The highest BCUT2D eigenvalue weighted by molar-refractivity contribution is 7.17. The lowest BCUT2D eigenvalue weighted by atomic mass is 9.95. The van der Waals surface area contributed by atoms with Crippen molar-refractivity contribution < 1.29 is 4.79 Å². The summed E-state index contributed by atoms with van der Waals surface area (Å²) in [7, 11) is 0. The quantitative estimate of drug-likeness (QED) is 0.206. The number of anilines is 1. The lowest BCUT2D eigenvalue weighted by Crippen LogP contribution is -2.13. The zero-order chi connectivity index (χ0) is 29.1. The summed E-state index contributed by atoms with van der Waals surface area (Å²) >= 11 is 1.44. The number of carbonyl (C=O) groups excluding carboxylic acids is 1. The van der Waals surface area contributed by atoms with E-state index in [4.69, 9.17) is 4.98 Å². The first-order valence-corrected chi connectivity index (χ1v) is 15.0. The van der Waals surface area contributed by atoms with Gasteiger partial charge >= 0.3 is 0 Å². The van der Waals surface area contributed by atoms with Crippen molar-refractivity contribution in [3.63, 3.8) is 0 Å². The predicted molar refractivity (Wildman–Crippen MR) is 172 cm³/mol. The second-order valence-electron chi connectivity index (χ2n) is 11.1. The zero-order valence-corrected chi connectivity index (χ0v) is 25.1. The molecule has 41 heavy (non-hydrogen) atoms. The van der Waals surface area contributed by atoms with Crippen molar-refractivity contribution in [1.29, 1.82) is 5.26 Å². The van der Waals surface area contributed by atoms with E-state index < -0.39 is 0 Å². The highest BCUT2D eigenvalue weighted by atomic mass is 32.1. The Balaban J connectivity index is 1.50. The smallest absolute Gasteiger partial charge is 0.257 e. The van der Waals surface area contributed by atoms with Crippen LogP contribution in [0.4, 0.5) is 5.00 Å². The van der Waals surface area contributed by atoms with Gasteiger partial charge in [-0.25, -0.2) is 4.98 Å². The summed E-state index contributed by atoms with van der Waals surface area (Å²) in [6.45, 7) is 10.8. The van der Waals surface area contributed by atoms with Gasteiger partial charge in [0.1, 0.15) is 11.1 Å². The third kappa shape index (κ3) is 5.94. The predicted octanol–water partition coefficient (Wildman–Crippen LogP) is 9.77. The number of rotatable bonds is 8. The number of para-hydroxylation sites is 1. The van der Waals surface area contributed by atoms with Crippen molar-refractivity contribution in [3.8, 4) is 28.5 Å². The van der Waals surface area contributed by atoms with Gasteiger partial charge in [0.2, 0.25) is 0 Å². The van der Waals surface area contributed by atoms with Crippen LogP contribution in [0.15, 0.2) is 78.9 Å². The van der Waals surface area contributed by atoms with E-state index in [1.165, 1.54) is 22.5 Å². The van der Waals surface area contributed by atoms with Crippen LogP contribution >= 0.6 is 11.3 Å². The zero-order valence-electron chi connectivity index (χ0n) is 24.3. The van der Waals surface area contributed by atoms with Crippen molar-refractivity contribution in [2.45, 2.75) is 53.4 Å². The average Bonchev–Trinajstić information content (AvgIpc) is 3.30. The molecule has 0 bridgehead atoms. The molecule has 0 saturated heterocycles. The second kappa shape index (κ2) is 12.1. The van der Waals surface area contributed by atoms with E-state index in [0.717, 1.165) is 51.0 Å². The van der Waals surface area contributed by atoms with Gasteiger partial charge in [-0.2, -0.15) is 5.26 Å². The monoisotopic (exact) mass is 557 g/mol. The van der Waals surface area contributed by atoms with Crippen LogP contribution in [0.25, 0.3) is 33.3 Å². The summed E-state index contributed by atoms with van der Waals surface area (Å²) in [5.41, 5.74) is 7.93. The van der Waals surface area contributed by atoms with E-state index in [0.29, 0.717) is 28.0 Å². The molecule has 0 aliphatic rings. The molecule has 0 radical (unpaired) electrons. The van der Waals surface area contributed by atoms with Crippen LogP contribution in [0, 0.1) is 24.2 Å². The first-order valence-electron chi connectivity index (χ1n) is 14.2. The van der Waals surface area contributed by atoms with Crippen LogP contribution < -0.4 is 5.32 Å². The van der Waals surface area contributed by atoms with Crippen LogP contribution in [-0.2, 0) is 6.42 Å². The number of benzene rings is 3. The maximum absolute atomic E-state index is 13.8. The molecule has 0 spiro atoms. The number of nitrogens with zero attached hydrogens (tertiary/aromatic N) is 2. The molecule has 206 valence electrons. The Kier molecular flexibility index (Phi) is 8.33. The Morgan fingerprint density at radius 1 is 0.976 bits per heavy atom. The summed E-state index contributed by atoms with van der Waals surface area (Å²) in [5, 5.41) is 14.6. The van der Waals surface area contributed by atoms with Gasteiger partial charge in [-0.3, -0.25) is 4.79 Å². The van der Waals surface area contributed by atoms with Gasteiger partial charge in [0.15, 0.2) is 0 Å². The van der Waals surface area contributed by atoms with Gasteiger partial charge < -0.3 is 5.32 Å². The summed E-state index contributed by atoms with van der Waals surface area (Å²) in [6.07, 6.45) is 2.09. The van der Waals surface area contributed by atoms with Gasteiger partial charge in [0.25, 0.3) is 5.91 Å². The van der Waals surface area contributed by atoms with E-state index in [1.807, 2.05) is 37.3 Å². The Labute approximate surface area is 246 Å². The molecular weight excluding hydrogens is 522 g/mol. The molecular formula is C36H35N3OS. The fourth-order valence-electron chi connectivity index (χ4n) is 5.27. The molecule has 5 heteroatoms. The number of aromatic nitrogens is 1. The largest absolute Gasteiger partial charge is 0.312 e. The van der Waals surface area contributed by atoms with Crippen molar-refractivity contribution >= 4 is 33.1 Å². The normalized spacial score (nSPS) is 11.9. The lowest BCUT2D eigenvalue weighted by Gasteiger charge is -2.11. The first-order chi connectivity index (χ1) is 19.8. The molecule has 3 aromatic carbocycles. The number of hydrogen-bond acceptors (Lipinski definition) is 4. The molecule has 4 nitrogen and oxygen atoms in total. The van der Waals surface area contributed by atoms with Crippen LogP contribution in [0.5, 0.6) is 0 Å². The fourth-order valence-corrected chi connectivity index (χ4v) is 6.29. The van der Waals surface area contributed by atoms with E-state index in [9.17, 15) is 10.1 Å². The van der Waals surface area contributed by atoms with Crippen molar-refractivity contribution in [2.75, 3.05) is 5.32 Å². The third-order valence-electron chi connectivity index (χ3n) is 7.66. The molecule has 2 heterocycles. The Hall–Kier alpha value is -4.27. The number of nitriles is 1. The maximum Gasteiger partial charge on any atom is 0.257 e. The van der Waals surface area contributed by atoms with Gasteiger partial charge in [0.05, 0.1) is 22.3 Å². The minimum absolute atomic E-state index is 0.252. The molecule has 0 saturated carbocycles. The topological polar surface area (TPSA) is 65.8 Å². The van der Waals surface area contributed by atoms with Crippen molar-refractivity contribution in [1.82, 2.24) is 4.98 Å². The molecule has 0 aliphatic carbocycles. The average molecular weight is 558 g/mol. The van der Waals surface area contributed by atoms with Gasteiger partial charge in [-0.05, 0) is 60.4 Å². The molecule has 1 atom stereocenters. The number of hydrogen-bond donors (Lipinski definition) is 1. The number of carbonyl (C=O) groups is 1. The molecule has 5 rings (SSSR count). The van der Waals surface area contributed by atoms with E-state index in [-0.39, 0.29) is 5.91 Å². The van der Waals surface area contributed by atoms with E-state index in [1.54, 1.807) is 0 Å². The highest BCUT2D eigenvalue weighted by Crippen LogP contribution is 2.40. The maximum atomic E-state index is 13.8. The highest BCUT2D eigenvalue weighted by Gasteiger charge is 2.21. The number of aryl methyl sites for hydroxylation is 1. The molecule has 0 unspecified atom stereocenters. The minimum Gasteiger partial charge on any atom is -0.312 e. The van der Waals surface area contributed by atoms with Gasteiger partial charge in [0, 0.05) is 21.4 Å². The molecule has 1 amide bonds. The van der Waals surface area contributed by atoms with Crippen molar-refractivity contribution in [2.24, 2.45) is 5.92 Å². The second-order valence-corrected chi connectivity index (χ2v) is 12.3. The minimum atomic E-state index is -0.252. The number of pyridine rings is 1. The van der Waals surface area contributed by atoms with Crippen LogP contribution in [-0.4, -0.2) is 10.9 Å². The molecule has 0 aliphatic heterocycles. The number of amides is 1. The van der Waals surface area contributed by atoms with E-state index >= 15 is 0 Å². The van der Waals surface area contributed by atoms with Gasteiger partial charge in [-0.15, -0.1) is 11.3 Å².